The SMILES string of the molecule is CC(=O)[C@H]1CC[C@H]2C(/C=C/C3=C(C)CC[C@@H](O)C3)=CCC[C@]12C. The third-order valence-electron chi connectivity index (χ3n) is 6.63. The van der Waals surface area contributed by atoms with Crippen molar-refractivity contribution in [3.8, 4) is 0 Å². The second kappa shape index (κ2) is 6.39. The van der Waals surface area contributed by atoms with E-state index in [4.69, 9.17) is 0 Å². The Hall–Kier alpha value is -1.15. The van der Waals surface area contributed by atoms with Crippen molar-refractivity contribution in [1.82, 2.24) is 0 Å². The molecule has 1 fully saturated rings. The lowest BCUT2D eigenvalue weighted by Gasteiger charge is -2.39. The molecule has 0 aliphatic heterocycles. The standard InChI is InChI=1S/C21H30O2/c1-14-6-9-18(23)13-17(14)8-7-16-5-4-12-21(3)19(15(2)22)10-11-20(16)21/h5,7-8,18-20,23H,4,6,9-13H2,1-3H3/b8-7+/t18-,19-,20+,21-/m1/s1. The van der Waals surface area contributed by atoms with Crippen molar-refractivity contribution in [3.05, 3.63) is 34.9 Å². The molecule has 0 radical (unpaired) electrons. The van der Waals surface area contributed by atoms with E-state index in [0.717, 1.165) is 44.9 Å². The van der Waals surface area contributed by atoms with Crippen LogP contribution in [0.1, 0.15) is 65.7 Å². The molecule has 4 atom stereocenters. The van der Waals surface area contributed by atoms with Crippen LogP contribution in [0.25, 0.3) is 0 Å². The maximum atomic E-state index is 12.0. The number of aliphatic hydroxyl groups excluding tert-OH is 1. The van der Waals surface area contributed by atoms with E-state index in [0.29, 0.717) is 11.7 Å². The van der Waals surface area contributed by atoms with Gasteiger partial charge in [-0.2, -0.15) is 0 Å². The molecular formula is C21H30O2. The normalized spacial score (nSPS) is 37.9. The lowest BCUT2D eigenvalue weighted by molar-refractivity contribution is -0.124. The number of aliphatic hydroxyl groups is 1. The quantitative estimate of drug-likeness (QED) is 0.816. The van der Waals surface area contributed by atoms with Crippen LogP contribution in [0.5, 0.6) is 0 Å². The van der Waals surface area contributed by atoms with E-state index < -0.39 is 0 Å². The van der Waals surface area contributed by atoms with E-state index in [1.807, 2.05) is 0 Å². The largest absolute Gasteiger partial charge is 0.393 e. The summed E-state index contributed by atoms with van der Waals surface area (Å²) in [7, 11) is 0. The lowest BCUT2D eigenvalue weighted by Crippen LogP contribution is -2.35. The molecular weight excluding hydrogens is 284 g/mol. The monoisotopic (exact) mass is 314 g/mol. The summed E-state index contributed by atoms with van der Waals surface area (Å²) in [4.78, 5) is 12.0. The molecule has 2 heteroatoms. The molecule has 0 heterocycles. The molecule has 0 spiro atoms. The van der Waals surface area contributed by atoms with Crippen molar-refractivity contribution < 1.29 is 9.90 Å². The van der Waals surface area contributed by atoms with Crippen molar-refractivity contribution >= 4 is 5.78 Å². The number of rotatable bonds is 3. The highest BCUT2D eigenvalue weighted by Crippen LogP contribution is 2.56. The van der Waals surface area contributed by atoms with Crippen LogP contribution in [0, 0.1) is 17.3 Å². The molecule has 1 N–H and O–H groups in total. The predicted molar refractivity (Wildman–Crippen MR) is 94.0 cm³/mol. The van der Waals surface area contributed by atoms with Gasteiger partial charge in [0.1, 0.15) is 5.78 Å². The summed E-state index contributed by atoms with van der Waals surface area (Å²) in [6.45, 7) is 6.28. The third-order valence-corrected chi connectivity index (χ3v) is 6.63. The van der Waals surface area contributed by atoms with E-state index >= 15 is 0 Å². The van der Waals surface area contributed by atoms with Crippen LogP contribution in [0.2, 0.25) is 0 Å². The second-order valence-electron chi connectivity index (χ2n) is 8.08. The predicted octanol–water partition coefficient (Wildman–Crippen LogP) is 4.75. The van der Waals surface area contributed by atoms with Gasteiger partial charge in [-0.3, -0.25) is 4.79 Å². The van der Waals surface area contributed by atoms with E-state index in [9.17, 15) is 9.90 Å². The van der Waals surface area contributed by atoms with Gasteiger partial charge in [-0.1, -0.05) is 30.7 Å². The summed E-state index contributed by atoms with van der Waals surface area (Å²) in [6, 6.07) is 0. The highest BCUT2D eigenvalue weighted by atomic mass is 16.3. The molecule has 3 aliphatic rings. The average Bonchev–Trinajstić information content (AvgIpc) is 2.86. The van der Waals surface area contributed by atoms with Crippen LogP contribution in [-0.2, 0) is 4.79 Å². The Morgan fingerprint density at radius 1 is 1.30 bits per heavy atom. The first kappa shape index (κ1) is 16.7. The van der Waals surface area contributed by atoms with Gasteiger partial charge in [0.2, 0.25) is 0 Å². The Kier molecular flexibility index (Phi) is 4.64. The van der Waals surface area contributed by atoms with Gasteiger partial charge in [-0.15, -0.1) is 0 Å². The summed E-state index contributed by atoms with van der Waals surface area (Å²) >= 11 is 0. The molecule has 2 nitrogen and oxygen atoms in total. The molecule has 3 aliphatic carbocycles. The van der Waals surface area contributed by atoms with Crippen LogP contribution in [-0.4, -0.2) is 17.0 Å². The van der Waals surface area contributed by atoms with Crippen LogP contribution in [0.4, 0.5) is 0 Å². The number of carbonyl (C=O) groups excluding carboxylic acids is 1. The summed E-state index contributed by atoms with van der Waals surface area (Å²) in [5.41, 5.74) is 4.29. The molecule has 0 aromatic carbocycles. The molecule has 0 bridgehead atoms. The summed E-state index contributed by atoms with van der Waals surface area (Å²) in [6.07, 6.45) is 13.8. The molecule has 0 saturated heterocycles. The minimum Gasteiger partial charge on any atom is -0.393 e. The van der Waals surface area contributed by atoms with Gasteiger partial charge in [0.15, 0.2) is 0 Å². The summed E-state index contributed by atoms with van der Waals surface area (Å²) in [5, 5.41) is 9.90. The zero-order chi connectivity index (χ0) is 16.6. The van der Waals surface area contributed by atoms with Crippen molar-refractivity contribution in [1.29, 1.82) is 0 Å². The number of allylic oxidation sites excluding steroid dienone is 5. The van der Waals surface area contributed by atoms with Gasteiger partial charge < -0.3 is 5.11 Å². The fourth-order valence-corrected chi connectivity index (χ4v) is 5.16. The maximum absolute atomic E-state index is 12.0. The topological polar surface area (TPSA) is 37.3 Å². The zero-order valence-electron chi connectivity index (χ0n) is 14.8. The smallest absolute Gasteiger partial charge is 0.133 e. The van der Waals surface area contributed by atoms with Gasteiger partial charge in [-0.05, 0) is 81.3 Å². The highest BCUT2D eigenvalue weighted by molar-refractivity contribution is 5.79. The number of hydrogen-bond donors (Lipinski definition) is 1. The Balaban J connectivity index is 1.80. The Labute approximate surface area is 140 Å². The number of fused-ring (bicyclic) bond motifs is 1. The van der Waals surface area contributed by atoms with Gasteiger partial charge in [0, 0.05) is 5.92 Å². The first-order chi connectivity index (χ1) is 10.9. The number of Topliss-reactive ketones (excluding diaryl/α,β-unsaturated/α-hetero) is 1. The second-order valence-corrected chi connectivity index (χ2v) is 8.08. The Morgan fingerprint density at radius 3 is 2.83 bits per heavy atom. The Bertz CT molecular complexity index is 581. The van der Waals surface area contributed by atoms with Crippen LogP contribution >= 0.6 is 0 Å². The van der Waals surface area contributed by atoms with E-state index in [1.54, 1.807) is 6.92 Å². The highest BCUT2D eigenvalue weighted by Gasteiger charge is 2.49. The Morgan fingerprint density at radius 2 is 2.09 bits per heavy atom. The van der Waals surface area contributed by atoms with Gasteiger partial charge in [-0.25, -0.2) is 0 Å². The molecule has 0 aromatic rings. The third kappa shape index (κ3) is 3.10. The molecule has 0 unspecified atom stereocenters. The fourth-order valence-electron chi connectivity index (χ4n) is 5.16. The average molecular weight is 314 g/mol. The van der Waals surface area contributed by atoms with Crippen LogP contribution in [0.3, 0.4) is 0 Å². The van der Waals surface area contributed by atoms with Crippen molar-refractivity contribution in [2.24, 2.45) is 17.3 Å². The van der Waals surface area contributed by atoms with E-state index in [-0.39, 0.29) is 17.4 Å². The van der Waals surface area contributed by atoms with Crippen LogP contribution < -0.4 is 0 Å². The molecule has 126 valence electrons. The molecule has 0 amide bonds. The van der Waals surface area contributed by atoms with Crippen molar-refractivity contribution in [3.63, 3.8) is 0 Å². The van der Waals surface area contributed by atoms with Crippen molar-refractivity contribution in [2.75, 3.05) is 0 Å². The zero-order valence-corrected chi connectivity index (χ0v) is 14.8. The number of hydrogen-bond acceptors (Lipinski definition) is 2. The summed E-state index contributed by atoms with van der Waals surface area (Å²) in [5.74, 6) is 1.13. The number of ketones is 1. The van der Waals surface area contributed by atoms with Gasteiger partial charge in [0.25, 0.3) is 0 Å². The minimum atomic E-state index is -0.183. The molecule has 3 rings (SSSR count). The first-order valence-corrected chi connectivity index (χ1v) is 9.17. The summed E-state index contributed by atoms with van der Waals surface area (Å²) < 4.78 is 0. The fraction of sp³-hybridized carbons (Fsp3) is 0.667. The van der Waals surface area contributed by atoms with Crippen molar-refractivity contribution in [2.45, 2.75) is 71.8 Å². The maximum Gasteiger partial charge on any atom is 0.133 e. The number of carbonyl (C=O) groups is 1. The van der Waals surface area contributed by atoms with Crippen LogP contribution in [0.15, 0.2) is 34.9 Å². The first-order valence-electron chi connectivity index (χ1n) is 9.17. The van der Waals surface area contributed by atoms with E-state index in [2.05, 4.69) is 32.1 Å². The molecule has 1 saturated carbocycles. The minimum absolute atomic E-state index is 0.149. The molecule has 0 aromatic heterocycles. The molecule has 23 heavy (non-hydrogen) atoms. The van der Waals surface area contributed by atoms with E-state index in [1.165, 1.54) is 16.7 Å². The van der Waals surface area contributed by atoms with Gasteiger partial charge in [0.05, 0.1) is 6.10 Å². The van der Waals surface area contributed by atoms with Gasteiger partial charge >= 0.3 is 0 Å². The lowest BCUT2D eigenvalue weighted by atomic mass is 9.64.